The Morgan fingerprint density at radius 3 is 2.72 bits per heavy atom. The Morgan fingerprint density at radius 1 is 1.19 bits per heavy atom. The van der Waals surface area contributed by atoms with Gasteiger partial charge in [0.15, 0.2) is 5.82 Å². The number of fused-ring (bicyclic) bond motifs is 1. The molecule has 1 aliphatic heterocycles. The molecule has 0 radical (unpaired) electrons. The van der Waals surface area contributed by atoms with Crippen LogP contribution in [-0.4, -0.2) is 39.4 Å². The van der Waals surface area contributed by atoms with Crippen molar-refractivity contribution >= 4 is 28.4 Å². The molecule has 228 valence electrons. The normalized spacial score (nSPS) is 17.2. The molecule has 0 aliphatic carbocycles. The second-order valence-corrected chi connectivity index (χ2v) is 12.6. The number of nitrogens with zero attached hydrogens (tertiary/aromatic N) is 2. The molecule has 7 nitrogen and oxygen atoms in total. The van der Waals surface area contributed by atoms with Gasteiger partial charge < -0.3 is 15.6 Å². The molecule has 1 fully saturated rings. The second kappa shape index (κ2) is 14.0. The summed E-state index contributed by atoms with van der Waals surface area (Å²) < 4.78 is 16.7. The monoisotopic (exact) mass is 605 g/mol. The van der Waals surface area contributed by atoms with Gasteiger partial charge in [-0.3, -0.25) is 9.36 Å². The first-order valence-electron chi connectivity index (χ1n) is 15.3. The van der Waals surface area contributed by atoms with Gasteiger partial charge in [0.1, 0.15) is 11.4 Å². The van der Waals surface area contributed by atoms with E-state index in [9.17, 15) is 9.59 Å². The Morgan fingerprint density at radius 2 is 1.98 bits per heavy atom. The minimum absolute atomic E-state index is 0.0896. The zero-order valence-electron chi connectivity index (χ0n) is 25.2. The van der Waals surface area contributed by atoms with Gasteiger partial charge in [-0.05, 0) is 92.9 Å². The van der Waals surface area contributed by atoms with E-state index in [0.717, 1.165) is 57.1 Å². The number of rotatable bonds is 12. The van der Waals surface area contributed by atoms with Gasteiger partial charge in [-0.1, -0.05) is 50.4 Å². The lowest BCUT2D eigenvalue weighted by Gasteiger charge is -2.31. The van der Waals surface area contributed by atoms with Gasteiger partial charge in [0.25, 0.3) is 0 Å². The van der Waals surface area contributed by atoms with Gasteiger partial charge in [-0.15, -0.1) is 0 Å². The first-order valence-corrected chi connectivity index (χ1v) is 15.7. The van der Waals surface area contributed by atoms with Crippen molar-refractivity contribution in [1.29, 1.82) is 0 Å². The molecule has 0 amide bonds. The van der Waals surface area contributed by atoms with Crippen LogP contribution in [0, 0.1) is 11.7 Å². The van der Waals surface area contributed by atoms with Gasteiger partial charge in [-0.25, -0.2) is 9.18 Å². The summed E-state index contributed by atoms with van der Waals surface area (Å²) in [6.45, 7) is 7.20. The van der Waals surface area contributed by atoms with Crippen molar-refractivity contribution in [2.75, 3.05) is 13.1 Å². The van der Waals surface area contributed by atoms with Crippen molar-refractivity contribution in [2.24, 2.45) is 5.92 Å². The molecule has 2 aromatic carbocycles. The van der Waals surface area contributed by atoms with Crippen molar-refractivity contribution in [1.82, 2.24) is 25.2 Å². The van der Waals surface area contributed by atoms with Gasteiger partial charge in [0.05, 0.1) is 22.9 Å². The molecular weight excluding hydrogens is 565 g/mol. The minimum Gasteiger partial charge on any atom is -0.339 e. The summed E-state index contributed by atoms with van der Waals surface area (Å²) in [7, 11) is 0. The lowest BCUT2D eigenvalue weighted by Crippen LogP contribution is -2.39. The molecule has 2 aromatic heterocycles. The van der Waals surface area contributed by atoms with Gasteiger partial charge in [-0.2, -0.15) is 4.98 Å². The molecule has 3 heterocycles. The van der Waals surface area contributed by atoms with Crippen LogP contribution in [-0.2, 0) is 11.2 Å². The Labute approximate surface area is 257 Å². The Hall–Kier alpha value is -3.33. The summed E-state index contributed by atoms with van der Waals surface area (Å²) in [4.78, 5) is 31.6. The third kappa shape index (κ3) is 7.80. The van der Waals surface area contributed by atoms with Crippen LogP contribution in [0.2, 0.25) is 5.02 Å². The quantitative estimate of drug-likeness (QED) is 0.153. The summed E-state index contributed by atoms with van der Waals surface area (Å²) in [5, 5.41) is 7.75. The van der Waals surface area contributed by atoms with Crippen LogP contribution in [0.25, 0.3) is 28.0 Å². The first kappa shape index (κ1) is 31.1. The molecule has 4 aromatic rings. The third-order valence-corrected chi connectivity index (χ3v) is 8.51. The highest BCUT2D eigenvalue weighted by Gasteiger charge is 2.22. The highest BCUT2D eigenvalue weighted by Crippen LogP contribution is 2.32. The predicted octanol–water partition coefficient (Wildman–Crippen LogP) is 6.90. The van der Waals surface area contributed by atoms with Crippen LogP contribution in [0.4, 0.5) is 4.39 Å². The number of carbonyl (C=O) groups is 1. The number of piperidine rings is 1. The number of ketones is 1. The number of nitrogens with one attached hydrogen (secondary N) is 3. The van der Waals surface area contributed by atoms with Crippen LogP contribution in [0.3, 0.4) is 0 Å². The average molecular weight is 606 g/mol. The molecule has 1 saturated heterocycles. The standard InChI is InChI=1S/C34H41ClFN5O2/c1-21(2)6-4-7-23-16-28(32(36)29(35)17-23)31-18-25-20-41(34(43)40-33(25)39-31)27-12-10-24(11-13-27)30-9-5-8-26(38-30)14-15-37-19-22(3)42/h10-13,16-18,20-21,26,30,37-38H,4-9,14-15,19H2,1-3H3,(H,39,40,43)/t26-,30-/m0/s1. The van der Waals surface area contributed by atoms with Crippen LogP contribution in [0.15, 0.2) is 53.5 Å². The SMILES string of the molecule is CC(=O)CNCC[C@@H]1CCC[C@@H](c2ccc(-n3cc4cc(-c5cc(CCCC(C)C)cc(Cl)c5F)[nH]c4nc3=O)cc2)N1. The number of hydrogen-bond donors (Lipinski definition) is 3. The lowest BCUT2D eigenvalue weighted by atomic mass is 9.92. The Balaban J connectivity index is 1.32. The van der Waals surface area contributed by atoms with E-state index in [0.29, 0.717) is 46.5 Å². The Kier molecular flexibility index (Phi) is 10.1. The van der Waals surface area contributed by atoms with Crippen molar-refractivity contribution < 1.29 is 9.18 Å². The first-order chi connectivity index (χ1) is 20.7. The van der Waals surface area contributed by atoms with Crippen LogP contribution < -0.4 is 16.3 Å². The minimum atomic E-state index is -0.488. The number of hydrogen-bond acceptors (Lipinski definition) is 5. The van der Waals surface area contributed by atoms with Crippen molar-refractivity contribution in [2.45, 2.75) is 77.8 Å². The van der Waals surface area contributed by atoms with E-state index in [1.807, 2.05) is 24.3 Å². The maximum atomic E-state index is 15.1. The van der Waals surface area contributed by atoms with E-state index in [1.54, 1.807) is 19.2 Å². The number of Topliss-reactive ketones (excluding diaryl/α,β-unsaturated/α-hetero) is 1. The summed E-state index contributed by atoms with van der Waals surface area (Å²) in [6, 6.07) is 14.0. The zero-order chi connectivity index (χ0) is 30.5. The zero-order valence-corrected chi connectivity index (χ0v) is 25.9. The van der Waals surface area contributed by atoms with Gasteiger partial charge in [0, 0.05) is 29.2 Å². The second-order valence-electron chi connectivity index (χ2n) is 12.2. The van der Waals surface area contributed by atoms with Gasteiger partial charge in [0.2, 0.25) is 0 Å². The van der Waals surface area contributed by atoms with Crippen LogP contribution >= 0.6 is 11.6 Å². The van der Waals surface area contributed by atoms with Crippen molar-refractivity contribution in [3.05, 3.63) is 81.1 Å². The summed E-state index contributed by atoms with van der Waals surface area (Å²) in [5.41, 5.74) is 3.78. The molecule has 0 spiro atoms. The fraction of sp³-hybridized carbons (Fsp3) is 0.441. The lowest BCUT2D eigenvalue weighted by molar-refractivity contribution is -0.116. The number of aromatic amines is 1. The molecule has 9 heteroatoms. The molecule has 0 saturated carbocycles. The number of carbonyl (C=O) groups excluding carboxylic acids is 1. The molecule has 1 aliphatic rings. The topological polar surface area (TPSA) is 91.8 Å². The molecule has 2 atom stereocenters. The number of halogens is 2. The summed E-state index contributed by atoms with van der Waals surface area (Å²) in [6.07, 6.45) is 8.94. The third-order valence-electron chi connectivity index (χ3n) is 8.23. The summed E-state index contributed by atoms with van der Waals surface area (Å²) >= 11 is 6.28. The highest BCUT2D eigenvalue weighted by molar-refractivity contribution is 6.31. The molecule has 3 N–H and O–H groups in total. The molecule has 43 heavy (non-hydrogen) atoms. The maximum absolute atomic E-state index is 15.1. The number of benzene rings is 2. The summed E-state index contributed by atoms with van der Waals surface area (Å²) in [5.74, 6) is 0.266. The average Bonchev–Trinajstić information content (AvgIpc) is 3.39. The van der Waals surface area contributed by atoms with E-state index < -0.39 is 11.5 Å². The van der Waals surface area contributed by atoms with E-state index in [4.69, 9.17) is 11.6 Å². The van der Waals surface area contributed by atoms with E-state index in [1.165, 1.54) is 10.1 Å². The highest BCUT2D eigenvalue weighted by atomic mass is 35.5. The van der Waals surface area contributed by atoms with Crippen molar-refractivity contribution in [3.8, 4) is 16.9 Å². The van der Waals surface area contributed by atoms with E-state index in [2.05, 4.69) is 46.6 Å². The Bertz CT molecular complexity index is 1630. The van der Waals surface area contributed by atoms with Crippen LogP contribution in [0.5, 0.6) is 0 Å². The number of H-pyrrole nitrogens is 1. The van der Waals surface area contributed by atoms with Gasteiger partial charge >= 0.3 is 5.69 Å². The predicted molar refractivity (Wildman–Crippen MR) is 172 cm³/mol. The largest absolute Gasteiger partial charge is 0.354 e. The number of aromatic nitrogens is 3. The fourth-order valence-electron chi connectivity index (χ4n) is 5.94. The number of aryl methyl sites for hydroxylation is 1. The molecular formula is C34H41ClFN5O2. The maximum Gasteiger partial charge on any atom is 0.354 e. The smallest absolute Gasteiger partial charge is 0.339 e. The van der Waals surface area contributed by atoms with E-state index in [-0.39, 0.29) is 16.8 Å². The molecule has 5 rings (SSSR count). The molecule has 0 bridgehead atoms. The van der Waals surface area contributed by atoms with Crippen molar-refractivity contribution in [3.63, 3.8) is 0 Å². The molecule has 0 unspecified atom stereocenters. The fourth-order valence-corrected chi connectivity index (χ4v) is 6.18. The van der Waals surface area contributed by atoms with E-state index >= 15 is 4.39 Å². The van der Waals surface area contributed by atoms with Crippen LogP contribution in [0.1, 0.15) is 76.5 Å².